The Morgan fingerprint density at radius 1 is 1.14 bits per heavy atom. The molecule has 28 heavy (non-hydrogen) atoms. The van der Waals surface area contributed by atoms with Gasteiger partial charge in [-0.3, -0.25) is 14.9 Å². The molecule has 0 aliphatic carbocycles. The average molecular weight is 408 g/mol. The summed E-state index contributed by atoms with van der Waals surface area (Å²) in [6.07, 6.45) is 1.02. The molecule has 2 heterocycles. The molecular formula is C17H11F3N4O3S. The van der Waals surface area contributed by atoms with Crippen LogP contribution in [0.4, 0.5) is 23.7 Å². The molecule has 0 atom stereocenters. The highest BCUT2D eigenvalue weighted by atomic mass is 32.2. The lowest BCUT2D eigenvalue weighted by Crippen LogP contribution is -2.54. The predicted octanol–water partition coefficient (Wildman–Crippen LogP) is 2.88. The number of halogens is 3. The zero-order valence-corrected chi connectivity index (χ0v) is 15.0. The van der Waals surface area contributed by atoms with E-state index in [9.17, 15) is 27.6 Å². The van der Waals surface area contributed by atoms with E-state index in [1.165, 1.54) is 24.2 Å². The maximum atomic E-state index is 12.9. The van der Waals surface area contributed by atoms with Gasteiger partial charge in [-0.1, -0.05) is 17.8 Å². The number of amides is 4. The van der Waals surface area contributed by atoms with Crippen molar-refractivity contribution in [2.24, 2.45) is 0 Å². The number of carbonyl (C=O) groups excluding carboxylic acids is 3. The maximum Gasteiger partial charge on any atom is 0.416 e. The first-order valence-electron chi connectivity index (χ1n) is 7.65. The SMILES string of the molecule is CSc1ncc(/C=C2/C(=O)NC(=O)N(c3cccc(C(F)(F)F)c3)C2=O)cn1. The Balaban J connectivity index is 1.99. The zero-order valence-electron chi connectivity index (χ0n) is 14.1. The smallest absolute Gasteiger partial charge is 0.273 e. The zero-order chi connectivity index (χ0) is 20.5. The van der Waals surface area contributed by atoms with Crippen molar-refractivity contribution in [1.82, 2.24) is 15.3 Å². The fourth-order valence-corrected chi connectivity index (χ4v) is 2.70. The van der Waals surface area contributed by atoms with E-state index in [-0.39, 0.29) is 5.69 Å². The highest BCUT2D eigenvalue weighted by Gasteiger charge is 2.38. The number of nitrogens with zero attached hydrogens (tertiary/aromatic N) is 3. The van der Waals surface area contributed by atoms with E-state index in [0.717, 1.165) is 24.3 Å². The molecule has 1 aromatic heterocycles. The lowest BCUT2D eigenvalue weighted by atomic mass is 10.1. The van der Waals surface area contributed by atoms with Crippen LogP contribution in [-0.4, -0.2) is 34.1 Å². The molecule has 0 spiro atoms. The fraction of sp³-hybridized carbons (Fsp3) is 0.118. The van der Waals surface area contributed by atoms with Crippen LogP contribution in [0.25, 0.3) is 6.08 Å². The third-order valence-corrected chi connectivity index (χ3v) is 4.25. The van der Waals surface area contributed by atoms with Crippen molar-refractivity contribution < 1.29 is 27.6 Å². The summed E-state index contributed by atoms with van der Waals surface area (Å²) in [5.41, 5.74) is -1.47. The van der Waals surface area contributed by atoms with Crippen LogP contribution in [-0.2, 0) is 15.8 Å². The Kier molecular flexibility index (Phi) is 5.18. The van der Waals surface area contributed by atoms with E-state index in [1.807, 2.05) is 5.32 Å². The number of thioether (sulfide) groups is 1. The van der Waals surface area contributed by atoms with Gasteiger partial charge in [0.2, 0.25) is 0 Å². The number of urea groups is 1. The second kappa shape index (κ2) is 7.43. The van der Waals surface area contributed by atoms with Crippen LogP contribution in [0.1, 0.15) is 11.1 Å². The normalized spacial score (nSPS) is 16.5. The van der Waals surface area contributed by atoms with Gasteiger partial charge in [-0.2, -0.15) is 13.2 Å². The molecule has 1 aliphatic heterocycles. The molecule has 0 unspecified atom stereocenters. The van der Waals surface area contributed by atoms with Crippen LogP contribution < -0.4 is 10.2 Å². The van der Waals surface area contributed by atoms with Gasteiger partial charge in [0.25, 0.3) is 11.8 Å². The summed E-state index contributed by atoms with van der Waals surface area (Å²) in [7, 11) is 0. The highest BCUT2D eigenvalue weighted by molar-refractivity contribution is 7.98. The van der Waals surface area contributed by atoms with Crippen LogP contribution in [0.2, 0.25) is 0 Å². The van der Waals surface area contributed by atoms with Gasteiger partial charge in [0.15, 0.2) is 5.16 Å². The van der Waals surface area contributed by atoms with E-state index < -0.39 is 35.2 Å². The lowest BCUT2D eigenvalue weighted by molar-refractivity contribution is -0.137. The number of hydrogen-bond donors (Lipinski definition) is 1. The van der Waals surface area contributed by atoms with Crippen molar-refractivity contribution in [3.8, 4) is 0 Å². The molecule has 1 aromatic carbocycles. The molecule has 7 nitrogen and oxygen atoms in total. The van der Waals surface area contributed by atoms with Gasteiger partial charge in [0.05, 0.1) is 11.3 Å². The summed E-state index contributed by atoms with van der Waals surface area (Å²) < 4.78 is 38.8. The van der Waals surface area contributed by atoms with Crippen molar-refractivity contribution in [1.29, 1.82) is 0 Å². The molecule has 1 saturated heterocycles. The number of rotatable bonds is 3. The van der Waals surface area contributed by atoms with Crippen molar-refractivity contribution in [3.05, 3.63) is 53.4 Å². The van der Waals surface area contributed by atoms with E-state index >= 15 is 0 Å². The number of hydrogen-bond acceptors (Lipinski definition) is 6. The van der Waals surface area contributed by atoms with E-state index in [1.54, 1.807) is 6.26 Å². The molecule has 1 aliphatic rings. The van der Waals surface area contributed by atoms with Gasteiger partial charge in [-0.05, 0) is 30.5 Å². The Bertz CT molecular complexity index is 990. The van der Waals surface area contributed by atoms with Gasteiger partial charge in [0.1, 0.15) is 5.57 Å². The number of benzene rings is 1. The second-order valence-corrected chi connectivity index (χ2v) is 6.28. The Morgan fingerprint density at radius 3 is 2.43 bits per heavy atom. The molecule has 0 radical (unpaired) electrons. The molecule has 0 bridgehead atoms. The van der Waals surface area contributed by atoms with Crippen molar-refractivity contribution in [2.75, 3.05) is 11.2 Å². The first-order chi connectivity index (χ1) is 13.2. The summed E-state index contributed by atoms with van der Waals surface area (Å²) in [5, 5.41) is 2.42. The van der Waals surface area contributed by atoms with E-state index in [4.69, 9.17) is 0 Å². The fourth-order valence-electron chi connectivity index (χ4n) is 2.39. The van der Waals surface area contributed by atoms with Crippen LogP contribution in [0.5, 0.6) is 0 Å². The summed E-state index contributed by atoms with van der Waals surface area (Å²) in [6, 6.07) is 2.55. The van der Waals surface area contributed by atoms with Gasteiger partial charge >= 0.3 is 12.2 Å². The van der Waals surface area contributed by atoms with Gasteiger partial charge in [-0.25, -0.2) is 19.7 Å². The summed E-state index contributed by atoms with van der Waals surface area (Å²) in [6.45, 7) is 0. The molecule has 0 saturated carbocycles. The number of aromatic nitrogens is 2. The summed E-state index contributed by atoms with van der Waals surface area (Å²) >= 11 is 1.29. The van der Waals surface area contributed by atoms with E-state index in [2.05, 4.69) is 9.97 Å². The third-order valence-electron chi connectivity index (χ3n) is 3.68. The highest BCUT2D eigenvalue weighted by Crippen LogP contribution is 2.32. The monoisotopic (exact) mass is 408 g/mol. The quantitative estimate of drug-likeness (QED) is 0.363. The van der Waals surface area contributed by atoms with Crippen LogP contribution >= 0.6 is 11.8 Å². The summed E-state index contributed by atoms with van der Waals surface area (Å²) in [5.74, 6) is -2.02. The van der Waals surface area contributed by atoms with Crippen molar-refractivity contribution in [2.45, 2.75) is 11.3 Å². The standard InChI is InChI=1S/C17H11F3N4O3S/c1-28-15-21-7-9(8-22-15)5-12-13(25)23-16(27)24(14(12)26)11-4-2-3-10(6-11)17(18,19)20/h2-8H,1H3,(H,23,25,27)/b12-5-. The summed E-state index contributed by atoms with van der Waals surface area (Å²) in [4.78, 5) is 45.3. The number of imide groups is 2. The van der Waals surface area contributed by atoms with Crippen molar-refractivity contribution in [3.63, 3.8) is 0 Å². The maximum absolute atomic E-state index is 12.9. The number of barbiturate groups is 1. The largest absolute Gasteiger partial charge is 0.416 e. The molecule has 2 aromatic rings. The molecular weight excluding hydrogens is 397 g/mol. The average Bonchev–Trinajstić information content (AvgIpc) is 2.65. The molecule has 144 valence electrons. The Labute approximate surface area is 160 Å². The van der Waals surface area contributed by atoms with Gasteiger partial charge < -0.3 is 0 Å². The number of carbonyl (C=O) groups is 3. The molecule has 11 heteroatoms. The van der Waals surface area contributed by atoms with Gasteiger partial charge in [0, 0.05) is 18.0 Å². The molecule has 4 amide bonds. The predicted molar refractivity (Wildman–Crippen MR) is 94.3 cm³/mol. The van der Waals surface area contributed by atoms with Crippen LogP contribution in [0.3, 0.4) is 0 Å². The minimum absolute atomic E-state index is 0.314. The number of anilines is 1. The van der Waals surface area contributed by atoms with Crippen molar-refractivity contribution >= 4 is 41.4 Å². The third kappa shape index (κ3) is 3.88. The minimum Gasteiger partial charge on any atom is -0.273 e. The molecule has 3 rings (SSSR count). The van der Waals surface area contributed by atoms with Gasteiger partial charge in [-0.15, -0.1) is 0 Å². The van der Waals surface area contributed by atoms with E-state index in [0.29, 0.717) is 21.7 Å². The number of alkyl halides is 3. The lowest BCUT2D eigenvalue weighted by Gasteiger charge is -2.26. The topological polar surface area (TPSA) is 92.3 Å². The van der Waals surface area contributed by atoms with Crippen LogP contribution in [0.15, 0.2) is 47.4 Å². The first-order valence-corrected chi connectivity index (χ1v) is 8.88. The minimum atomic E-state index is -4.66. The molecule has 1 N–H and O–H groups in total. The van der Waals surface area contributed by atoms with Crippen LogP contribution in [0, 0.1) is 0 Å². The molecule has 1 fully saturated rings. The first kappa shape index (κ1) is 19.5. The number of nitrogens with one attached hydrogen (secondary N) is 1. The Hall–Kier alpha value is -3.21. The Morgan fingerprint density at radius 2 is 1.82 bits per heavy atom. The second-order valence-electron chi connectivity index (χ2n) is 5.51.